The lowest BCUT2D eigenvalue weighted by atomic mass is 10.2. The van der Waals surface area contributed by atoms with Crippen molar-refractivity contribution in [2.24, 2.45) is 0 Å². The maximum absolute atomic E-state index is 12.2. The van der Waals surface area contributed by atoms with Gasteiger partial charge in [-0.05, 0) is 48.4 Å². The van der Waals surface area contributed by atoms with Gasteiger partial charge in [-0.3, -0.25) is 14.9 Å². The monoisotopic (exact) mass is 393 g/mol. The van der Waals surface area contributed by atoms with Crippen molar-refractivity contribution in [3.63, 3.8) is 0 Å². The lowest BCUT2D eigenvalue weighted by Crippen LogP contribution is -2.23. The average molecular weight is 393 g/mol. The topological polar surface area (TPSA) is 71.5 Å². The molecular weight excluding hydrogens is 374 g/mol. The minimum Gasteiger partial charge on any atom is -0.497 e. The zero-order chi connectivity index (χ0) is 19.5. The number of anilines is 2. The van der Waals surface area contributed by atoms with Crippen molar-refractivity contribution in [3.05, 3.63) is 54.1 Å². The van der Waals surface area contributed by atoms with E-state index in [9.17, 15) is 9.59 Å². The molecule has 28 heavy (non-hydrogen) atoms. The Morgan fingerprint density at radius 3 is 2.79 bits per heavy atom. The normalized spacial score (nSPS) is 14.2. The largest absolute Gasteiger partial charge is 0.497 e. The molecule has 6 nitrogen and oxygen atoms in total. The number of fused-ring (bicyclic) bond motifs is 1. The number of rotatable bonds is 5. The number of carbonyl (C=O) groups is 2. The molecule has 2 heterocycles. The maximum atomic E-state index is 12.2. The van der Waals surface area contributed by atoms with Crippen LogP contribution in [-0.4, -0.2) is 30.5 Å². The maximum Gasteiger partial charge on any atom is 0.250 e. The Kier molecular flexibility index (Phi) is 5.08. The van der Waals surface area contributed by atoms with Crippen LogP contribution in [0.25, 0.3) is 16.3 Å². The van der Waals surface area contributed by atoms with Crippen LogP contribution in [-0.2, 0) is 9.59 Å². The predicted octanol–water partition coefficient (Wildman–Crippen LogP) is 4.08. The van der Waals surface area contributed by atoms with Gasteiger partial charge in [0.05, 0.1) is 17.3 Å². The van der Waals surface area contributed by atoms with Crippen LogP contribution < -0.4 is 15.0 Å². The highest BCUT2D eigenvalue weighted by Gasteiger charge is 2.21. The van der Waals surface area contributed by atoms with Crippen LogP contribution in [0.15, 0.2) is 48.5 Å². The fraction of sp³-hybridized carbons (Fsp3) is 0.190. The Hall–Kier alpha value is -3.19. The number of benzene rings is 2. The summed E-state index contributed by atoms with van der Waals surface area (Å²) < 4.78 is 6.16. The van der Waals surface area contributed by atoms with Gasteiger partial charge in [0.15, 0.2) is 5.13 Å². The van der Waals surface area contributed by atoms with Gasteiger partial charge in [-0.1, -0.05) is 23.5 Å². The van der Waals surface area contributed by atoms with Gasteiger partial charge in [-0.2, -0.15) is 0 Å². The third-order valence-electron chi connectivity index (χ3n) is 4.53. The van der Waals surface area contributed by atoms with E-state index in [1.54, 1.807) is 18.1 Å². The number of hydrogen-bond acceptors (Lipinski definition) is 5. The molecule has 1 fully saturated rings. The molecule has 0 aliphatic carbocycles. The van der Waals surface area contributed by atoms with Gasteiger partial charge in [-0.15, -0.1) is 0 Å². The molecule has 1 saturated heterocycles. The summed E-state index contributed by atoms with van der Waals surface area (Å²) in [5.41, 5.74) is 2.60. The van der Waals surface area contributed by atoms with Crippen LogP contribution in [0.4, 0.5) is 10.8 Å². The molecule has 0 spiro atoms. The molecule has 0 bridgehead atoms. The molecule has 4 rings (SSSR count). The molecule has 1 N–H and O–H groups in total. The number of thiazole rings is 1. The minimum absolute atomic E-state index is 0.163. The second-order valence-electron chi connectivity index (χ2n) is 6.42. The summed E-state index contributed by atoms with van der Waals surface area (Å²) in [4.78, 5) is 30.2. The smallest absolute Gasteiger partial charge is 0.250 e. The van der Waals surface area contributed by atoms with E-state index in [4.69, 9.17) is 4.74 Å². The van der Waals surface area contributed by atoms with E-state index in [1.165, 1.54) is 17.4 Å². The number of nitrogens with zero attached hydrogens (tertiary/aromatic N) is 2. The highest BCUT2D eigenvalue weighted by Crippen LogP contribution is 2.29. The fourth-order valence-corrected chi connectivity index (χ4v) is 3.99. The first-order valence-corrected chi connectivity index (χ1v) is 9.78. The lowest BCUT2D eigenvalue weighted by molar-refractivity contribution is -0.117. The molecule has 0 saturated carbocycles. The number of ether oxygens (including phenoxy) is 1. The number of nitrogens with one attached hydrogen (secondary N) is 1. The summed E-state index contributed by atoms with van der Waals surface area (Å²) in [5.74, 6) is 0.675. The molecule has 0 radical (unpaired) electrons. The molecular formula is C21H19N3O3S. The van der Waals surface area contributed by atoms with E-state index in [2.05, 4.69) is 10.3 Å². The molecule has 1 aromatic heterocycles. The van der Waals surface area contributed by atoms with Crippen molar-refractivity contribution in [3.8, 4) is 5.75 Å². The van der Waals surface area contributed by atoms with Gasteiger partial charge in [0.1, 0.15) is 5.75 Å². The van der Waals surface area contributed by atoms with Crippen molar-refractivity contribution in [2.75, 3.05) is 23.9 Å². The van der Waals surface area contributed by atoms with Crippen LogP contribution >= 0.6 is 11.3 Å². The summed E-state index contributed by atoms with van der Waals surface area (Å²) in [6, 6.07) is 13.2. The van der Waals surface area contributed by atoms with E-state index in [-0.39, 0.29) is 11.8 Å². The molecule has 0 atom stereocenters. The van der Waals surface area contributed by atoms with E-state index in [1.807, 2.05) is 42.5 Å². The SMILES string of the molecule is COc1ccc2nc(NC(=O)/C=C/c3ccc(N4CCCC4=O)cc3)sc2c1. The Balaban J connectivity index is 1.40. The second-order valence-corrected chi connectivity index (χ2v) is 7.45. The highest BCUT2D eigenvalue weighted by molar-refractivity contribution is 7.22. The molecule has 1 aliphatic rings. The Morgan fingerprint density at radius 2 is 2.07 bits per heavy atom. The molecule has 0 unspecified atom stereocenters. The van der Waals surface area contributed by atoms with Crippen LogP contribution in [0.1, 0.15) is 18.4 Å². The van der Waals surface area contributed by atoms with Crippen molar-refractivity contribution >= 4 is 50.3 Å². The molecule has 2 amide bonds. The number of hydrogen-bond donors (Lipinski definition) is 1. The van der Waals surface area contributed by atoms with Crippen LogP contribution in [0.3, 0.4) is 0 Å². The number of amides is 2. The van der Waals surface area contributed by atoms with Crippen molar-refractivity contribution in [1.82, 2.24) is 4.98 Å². The van der Waals surface area contributed by atoms with Crippen LogP contribution in [0.5, 0.6) is 5.75 Å². The summed E-state index contributed by atoms with van der Waals surface area (Å²) in [5, 5.41) is 3.33. The van der Waals surface area contributed by atoms with Gasteiger partial charge in [0.2, 0.25) is 11.8 Å². The molecule has 1 aliphatic heterocycles. The summed E-state index contributed by atoms with van der Waals surface area (Å²) in [6.07, 6.45) is 4.73. The van der Waals surface area contributed by atoms with Gasteiger partial charge in [0, 0.05) is 24.7 Å². The first-order valence-electron chi connectivity index (χ1n) is 8.96. The summed E-state index contributed by atoms with van der Waals surface area (Å²) in [7, 11) is 1.62. The quantitative estimate of drug-likeness (QED) is 0.663. The lowest BCUT2D eigenvalue weighted by Gasteiger charge is -2.15. The molecule has 2 aromatic carbocycles. The van der Waals surface area contributed by atoms with Gasteiger partial charge in [0.25, 0.3) is 0 Å². The Morgan fingerprint density at radius 1 is 1.25 bits per heavy atom. The van der Waals surface area contributed by atoms with Crippen molar-refractivity contribution < 1.29 is 14.3 Å². The van der Waals surface area contributed by atoms with Crippen LogP contribution in [0.2, 0.25) is 0 Å². The standard InChI is InChI=1S/C21H19N3O3S/c1-27-16-9-10-17-18(13-16)28-21(22-17)23-19(25)11-6-14-4-7-15(8-5-14)24-12-2-3-20(24)26/h4-11,13H,2-3,12H2,1H3,(H,22,23,25)/b11-6+. The predicted molar refractivity (Wildman–Crippen MR) is 112 cm³/mol. The zero-order valence-electron chi connectivity index (χ0n) is 15.3. The third kappa shape index (κ3) is 3.89. The molecule has 7 heteroatoms. The highest BCUT2D eigenvalue weighted by atomic mass is 32.1. The fourth-order valence-electron chi connectivity index (χ4n) is 3.09. The number of methoxy groups -OCH3 is 1. The van der Waals surface area contributed by atoms with Crippen molar-refractivity contribution in [2.45, 2.75) is 12.8 Å². The minimum atomic E-state index is -0.246. The van der Waals surface area contributed by atoms with E-state index >= 15 is 0 Å². The number of carbonyl (C=O) groups excluding carboxylic acids is 2. The molecule has 3 aromatic rings. The van der Waals surface area contributed by atoms with E-state index < -0.39 is 0 Å². The molecule has 142 valence electrons. The Labute approximate surface area is 166 Å². The average Bonchev–Trinajstić information content (AvgIpc) is 3.31. The first-order chi connectivity index (χ1) is 13.6. The van der Waals surface area contributed by atoms with Gasteiger partial charge >= 0.3 is 0 Å². The van der Waals surface area contributed by atoms with Gasteiger partial charge < -0.3 is 9.64 Å². The first kappa shape index (κ1) is 18.2. The van der Waals surface area contributed by atoms with Gasteiger partial charge in [-0.25, -0.2) is 4.98 Å². The number of aromatic nitrogens is 1. The van der Waals surface area contributed by atoms with E-state index in [0.29, 0.717) is 11.6 Å². The van der Waals surface area contributed by atoms with Crippen LogP contribution in [0, 0.1) is 0 Å². The Bertz CT molecular complexity index is 1060. The zero-order valence-corrected chi connectivity index (χ0v) is 16.2. The van der Waals surface area contributed by atoms with E-state index in [0.717, 1.165) is 40.2 Å². The summed E-state index contributed by atoms with van der Waals surface area (Å²) >= 11 is 1.40. The summed E-state index contributed by atoms with van der Waals surface area (Å²) in [6.45, 7) is 0.768. The third-order valence-corrected chi connectivity index (χ3v) is 5.46. The van der Waals surface area contributed by atoms with Crippen molar-refractivity contribution in [1.29, 1.82) is 0 Å². The second kappa shape index (κ2) is 7.82.